The molecule has 37 heavy (non-hydrogen) atoms. The summed E-state index contributed by atoms with van der Waals surface area (Å²) in [5, 5.41) is 26.3. The van der Waals surface area contributed by atoms with E-state index in [2.05, 4.69) is 47.4 Å². The maximum absolute atomic E-state index is 10.9. The number of aromatic nitrogens is 1. The average molecular weight is 510 g/mol. The molecule has 0 unspecified atom stereocenters. The number of ether oxygens (including phenoxy) is 1. The second-order valence-corrected chi connectivity index (χ2v) is 10.1. The van der Waals surface area contributed by atoms with Crippen LogP contribution < -0.4 is 20.3 Å². The molecule has 9 nitrogen and oxygen atoms in total. The van der Waals surface area contributed by atoms with E-state index >= 15 is 0 Å². The zero-order valence-corrected chi connectivity index (χ0v) is 22.5. The van der Waals surface area contributed by atoms with Crippen LogP contribution >= 0.6 is 0 Å². The van der Waals surface area contributed by atoms with Crippen molar-refractivity contribution in [1.82, 2.24) is 10.3 Å². The number of piperidine rings is 1. The van der Waals surface area contributed by atoms with E-state index in [1.807, 2.05) is 26.0 Å². The third-order valence-electron chi connectivity index (χ3n) is 6.16. The smallest absolute Gasteiger partial charge is 0.307 e. The van der Waals surface area contributed by atoms with E-state index in [1.54, 1.807) is 18.3 Å². The third-order valence-corrected chi connectivity index (χ3v) is 6.16. The van der Waals surface area contributed by atoms with Crippen molar-refractivity contribution in [3.05, 3.63) is 53.2 Å². The first-order valence-corrected chi connectivity index (χ1v) is 12.6. The molecule has 1 fully saturated rings. The van der Waals surface area contributed by atoms with Crippen LogP contribution in [0, 0.1) is 6.92 Å². The monoisotopic (exact) mass is 509 g/mol. The maximum atomic E-state index is 10.9. The van der Waals surface area contributed by atoms with E-state index in [-0.39, 0.29) is 23.6 Å². The minimum Gasteiger partial charge on any atom is -0.503 e. The van der Waals surface area contributed by atoms with Crippen LogP contribution in [-0.4, -0.2) is 65.3 Å². The van der Waals surface area contributed by atoms with Gasteiger partial charge in [0.15, 0.2) is 5.75 Å². The molecule has 0 radical (unpaired) electrons. The molecule has 0 atom stereocenters. The van der Waals surface area contributed by atoms with E-state index in [0.717, 1.165) is 41.2 Å². The highest BCUT2D eigenvalue weighted by Crippen LogP contribution is 2.35. The van der Waals surface area contributed by atoms with Crippen molar-refractivity contribution in [2.45, 2.75) is 53.0 Å². The van der Waals surface area contributed by atoms with Crippen LogP contribution in [0.2, 0.25) is 0 Å². The molecular weight excluding hydrogens is 470 g/mol. The van der Waals surface area contributed by atoms with E-state index in [9.17, 15) is 9.90 Å². The van der Waals surface area contributed by atoms with Gasteiger partial charge in [-0.25, -0.2) is 4.98 Å². The number of allylic oxidation sites excluding steroid dienone is 1. The van der Waals surface area contributed by atoms with E-state index in [0.29, 0.717) is 26.4 Å². The number of nitrogens with one attached hydrogen (secondary N) is 2. The predicted molar refractivity (Wildman–Crippen MR) is 148 cm³/mol. The van der Waals surface area contributed by atoms with Gasteiger partial charge in [0.25, 0.3) is 5.88 Å². The highest BCUT2D eigenvalue weighted by atomic mass is 16.5. The van der Waals surface area contributed by atoms with Gasteiger partial charge < -0.3 is 30.5 Å². The molecular formula is C28H39N5O4. The number of aliphatic carboxylic acids is 1. The van der Waals surface area contributed by atoms with Crippen LogP contribution in [-0.2, 0) is 11.2 Å². The van der Waals surface area contributed by atoms with E-state index < -0.39 is 5.97 Å². The zero-order valence-electron chi connectivity index (χ0n) is 22.5. The van der Waals surface area contributed by atoms with Crippen molar-refractivity contribution in [3.8, 4) is 11.6 Å². The molecule has 0 amide bonds. The van der Waals surface area contributed by atoms with Crippen molar-refractivity contribution in [1.29, 1.82) is 0 Å². The maximum Gasteiger partial charge on any atom is 0.307 e. The van der Waals surface area contributed by atoms with Crippen LogP contribution in [0.4, 0.5) is 11.4 Å². The quantitative estimate of drug-likeness (QED) is 0.353. The number of aliphatic imine (C=N–C) groups is 1. The molecule has 1 aromatic carbocycles. The number of carbonyl (C=O) groups is 1. The lowest BCUT2D eigenvalue weighted by molar-refractivity contribution is -0.136. The topological polar surface area (TPSA) is 119 Å². The summed E-state index contributed by atoms with van der Waals surface area (Å²) in [6.07, 6.45) is 4.71. The van der Waals surface area contributed by atoms with Crippen LogP contribution in [0.3, 0.4) is 0 Å². The highest BCUT2D eigenvalue weighted by Gasteiger charge is 2.23. The number of anilines is 2. The minimum absolute atomic E-state index is 0.0000152. The van der Waals surface area contributed by atoms with Crippen molar-refractivity contribution >= 4 is 23.1 Å². The first-order valence-electron chi connectivity index (χ1n) is 12.6. The van der Waals surface area contributed by atoms with Crippen LogP contribution in [0.15, 0.2) is 47.1 Å². The predicted octanol–water partition coefficient (Wildman–Crippen LogP) is 4.16. The Morgan fingerprint density at radius 1 is 1.27 bits per heavy atom. The van der Waals surface area contributed by atoms with Gasteiger partial charge in [-0.1, -0.05) is 18.2 Å². The molecule has 1 aromatic heterocycles. The number of pyridine rings is 1. The molecule has 0 saturated carbocycles. The number of rotatable bonds is 10. The fourth-order valence-corrected chi connectivity index (χ4v) is 4.13. The SMILES string of the molecule is C/C=C1/CCN(c2cnc(OCCNC(C)(C)C)c(O)c2C)C/C1=N/CNc1ccc(CC(=O)O)cc1. The summed E-state index contributed by atoms with van der Waals surface area (Å²) in [5.41, 5.74) is 5.42. The number of aromatic hydroxyl groups is 1. The summed E-state index contributed by atoms with van der Waals surface area (Å²) in [6.45, 7) is 13.1. The molecule has 9 heteroatoms. The lowest BCUT2D eigenvalue weighted by atomic mass is 10.0. The minimum atomic E-state index is -0.845. The van der Waals surface area contributed by atoms with Gasteiger partial charge in [-0.2, -0.15) is 0 Å². The van der Waals surface area contributed by atoms with Gasteiger partial charge >= 0.3 is 5.97 Å². The first kappa shape index (κ1) is 28.0. The molecule has 0 aliphatic carbocycles. The zero-order chi connectivity index (χ0) is 27.0. The van der Waals surface area contributed by atoms with Crippen molar-refractivity contribution in [2.24, 2.45) is 4.99 Å². The van der Waals surface area contributed by atoms with Crippen LogP contribution in [0.1, 0.15) is 45.2 Å². The molecule has 0 bridgehead atoms. The Morgan fingerprint density at radius 2 is 2.00 bits per heavy atom. The van der Waals surface area contributed by atoms with Gasteiger partial charge in [-0.05, 0) is 64.3 Å². The third kappa shape index (κ3) is 8.21. The fraction of sp³-hybridized carbons (Fsp3) is 0.464. The second-order valence-electron chi connectivity index (χ2n) is 10.1. The molecule has 3 rings (SSSR count). The number of nitrogens with zero attached hydrogens (tertiary/aromatic N) is 3. The van der Waals surface area contributed by atoms with Crippen LogP contribution in [0.25, 0.3) is 0 Å². The van der Waals surface area contributed by atoms with Gasteiger partial charge in [-0.3, -0.25) is 9.79 Å². The fourth-order valence-electron chi connectivity index (χ4n) is 4.13. The molecule has 1 saturated heterocycles. The average Bonchev–Trinajstić information content (AvgIpc) is 2.84. The summed E-state index contributed by atoms with van der Waals surface area (Å²) in [7, 11) is 0. The number of benzene rings is 1. The molecule has 2 aromatic rings. The summed E-state index contributed by atoms with van der Waals surface area (Å²) < 4.78 is 5.72. The Bertz CT molecular complexity index is 1140. The summed E-state index contributed by atoms with van der Waals surface area (Å²) >= 11 is 0. The second kappa shape index (κ2) is 12.6. The van der Waals surface area contributed by atoms with Crippen molar-refractivity contribution in [2.75, 3.05) is 43.1 Å². The lowest BCUT2D eigenvalue weighted by Gasteiger charge is -2.32. The Kier molecular flexibility index (Phi) is 9.52. The lowest BCUT2D eigenvalue weighted by Crippen LogP contribution is -2.38. The van der Waals surface area contributed by atoms with Gasteiger partial charge in [0.2, 0.25) is 0 Å². The van der Waals surface area contributed by atoms with Crippen LogP contribution in [0.5, 0.6) is 11.6 Å². The number of carboxylic acids is 1. The molecule has 4 N–H and O–H groups in total. The summed E-state index contributed by atoms with van der Waals surface area (Å²) in [5.74, 6) is -0.533. The van der Waals surface area contributed by atoms with E-state index in [1.165, 1.54) is 5.57 Å². The van der Waals surface area contributed by atoms with Gasteiger partial charge in [0, 0.05) is 29.9 Å². The summed E-state index contributed by atoms with van der Waals surface area (Å²) in [4.78, 5) is 22.2. The normalized spacial score (nSPS) is 16.3. The largest absolute Gasteiger partial charge is 0.503 e. The van der Waals surface area contributed by atoms with Gasteiger partial charge in [0.05, 0.1) is 30.6 Å². The standard InChI is InChI=1S/C28H39N5O4/c1-6-21-11-13-33(17-23(21)31-18-30-22-9-7-20(8-10-22)15-25(34)35)24-16-29-27(26(36)19(24)2)37-14-12-32-28(3,4)5/h6-10,16,30,32,36H,11-15,17-18H2,1-5H3,(H,34,35)/b21-6-,31-23-. The molecule has 200 valence electrons. The molecule has 1 aliphatic heterocycles. The number of carboxylic acid groups (broad SMARTS) is 1. The van der Waals surface area contributed by atoms with Gasteiger partial charge in [0.1, 0.15) is 13.3 Å². The Morgan fingerprint density at radius 3 is 2.65 bits per heavy atom. The molecule has 1 aliphatic rings. The van der Waals surface area contributed by atoms with Crippen molar-refractivity contribution in [3.63, 3.8) is 0 Å². The van der Waals surface area contributed by atoms with E-state index in [4.69, 9.17) is 14.8 Å². The molecule has 2 heterocycles. The highest BCUT2D eigenvalue weighted by molar-refractivity contribution is 6.04. The van der Waals surface area contributed by atoms with Gasteiger partial charge in [-0.15, -0.1) is 0 Å². The van der Waals surface area contributed by atoms with Crippen molar-refractivity contribution < 1.29 is 19.7 Å². The Labute approximate surface area is 219 Å². The first-order chi connectivity index (χ1) is 17.6. The Balaban J connectivity index is 1.64. The number of hydrogen-bond donors (Lipinski definition) is 4. The summed E-state index contributed by atoms with van der Waals surface area (Å²) in [6, 6.07) is 7.34. The number of hydrogen-bond acceptors (Lipinski definition) is 8. The molecule has 0 spiro atoms. The Hall–Kier alpha value is -3.59.